The molecule has 0 aromatic carbocycles. The van der Waals surface area contributed by atoms with Crippen LogP contribution in [0, 0.1) is 0 Å². The van der Waals surface area contributed by atoms with Crippen molar-refractivity contribution >= 4 is 30.8 Å². The molecular formula is C8H18Cl2N2O2. The van der Waals surface area contributed by atoms with E-state index < -0.39 is 0 Å². The van der Waals surface area contributed by atoms with Crippen LogP contribution in [0.1, 0.15) is 13.3 Å². The Bertz CT molecular complexity index is 150. The van der Waals surface area contributed by atoms with E-state index in [2.05, 4.69) is 10.6 Å². The van der Waals surface area contributed by atoms with E-state index in [1.165, 1.54) is 0 Å². The predicted molar refractivity (Wildman–Crippen MR) is 60.4 cm³/mol. The largest absolute Gasteiger partial charge is 0.465 e. The average molecular weight is 245 g/mol. The summed E-state index contributed by atoms with van der Waals surface area (Å²) in [4.78, 5) is 11.2. The van der Waals surface area contributed by atoms with Gasteiger partial charge in [-0.1, -0.05) is 0 Å². The fraction of sp³-hybridized carbons (Fsp3) is 0.875. The topological polar surface area (TPSA) is 50.4 Å². The molecule has 0 aromatic heterocycles. The Morgan fingerprint density at radius 1 is 1.43 bits per heavy atom. The summed E-state index contributed by atoms with van der Waals surface area (Å²) in [7, 11) is 0. The van der Waals surface area contributed by atoms with Gasteiger partial charge in [0.2, 0.25) is 0 Å². The standard InChI is InChI=1S/C8H16N2O2.2ClH/c1-2-12-8(11)7-6-9-4-3-5-10-7;;/h7,9-10H,2-6H2,1H3;2*1H. The first-order valence-electron chi connectivity index (χ1n) is 4.45. The molecule has 1 rings (SSSR count). The van der Waals surface area contributed by atoms with Gasteiger partial charge in [-0.15, -0.1) is 24.8 Å². The second kappa shape index (κ2) is 9.52. The Hall–Kier alpha value is -0.0300. The fourth-order valence-electron chi connectivity index (χ4n) is 1.22. The van der Waals surface area contributed by atoms with Crippen molar-refractivity contribution in [1.82, 2.24) is 10.6 Å². The first-order chi connectivity index (χ1) is 5.84. The number of nitrogens with one attached hydrogen (secondary N) is 2. The van der Waals surface area contributed by atoms with E-state index in [-0.39, 0.29) is 36.8 Å². The van der Waals surface area contributed by atoms with E-state index in [9.17, 15) is 4.79 Å². The van der Waals surface area contributed by atoms with Crippen LogP contribution in [0.25, 0.3) is 0 Å². The van der Waals surface area contributed by atoms with Crippen molar-refractivity contribution in [2.24, 2.45) is 0 Å². The average Bonchev–Trinajstić information content (AvgIpc) is 2.32. The number of carbonyl (C=O) groups is 1. The zero-order valence-electron chi connectivity index (χ0n) is 8.25. The molecule has 1 saturated heterocycles. The lowest BCUT2D eigenvalue weighted by Crippen LogP contribution is -2.43. The zero-order chi connectivity index (χ0) is 8.81. The quantitative estimate of drug-likeness (QED) is 0.689. The summed E-state index contributed by atoms with van der Waals surface area (Å²) >= 11 is 0. The molecule has 1 aliphatic heterocycles. The van der Waals surface area contributed by atoms with Crippen LogP contribution in [0.15, 0.2) is 0 Å². The van der Waals surface area contributed by atoms with Gasteiger partial charge in [0, 0.05) is 6.54 Å². The summed E-state index contributed by atoms with van der Waals surface area (Å²) < 4.78 is 4.90. The number of hydrogen-bond acceptors (Lipinski definition) is 4. The Balaban J connectivity index is 0. The molecule has 1 atom stereocenters. The molecule has 0 spiro atoms. The Kier molecular flexibility index (Phi) is 11.2. The summed E-state index contributed by atoms with van der Waals surface area (Å²) in [5.41, 5.74) is 0. The molecule has 1 fully saturated rings. The fourth-order valence-corrected chi connectivity index (χ4v) is 1.22. The molecule has 1 aliphatic rings. The lowest BCUT2D eigenvalue weighted by Gasteiger charge is -2.13. The Morgan fingerprint density at radius 2 is 2.14 bits per heavy atom. The van der Waals surface area contributed by atoms with Gasteiger partial charge in [0.1, 0.15) is 6.04 Å². The molecule has 86 valence electrons. The minimum absolute atomic E-state index is 0. The molecule has 0 amide bonds. The monoisotopic (exact) mass is 244 g/mol. The van der Waals surface area contributed by atoms with Crippen LogP contribution >= 0.6 is 24.8 Å². The minimum atomic E-state index is -0.160. The van der Waals surface area contributed by atoms with Gasteiger partial charge in [-0.25, -0.2) is 0 Å². The zero-order valence-corrected chi connectivity index (χ0v) is 9.88. The van der Waals surface area contributed by atoms with E-state index in [1.807, 2.05) is 6.92 Å². The van der Waals surface area contributed by atoms with E-state index >= 15 is 0 Å². The minimum Gasteiger partial charge on any atom is -0.465 e. The lowest BCUT2D eigenvalue weighted by molar-refractivity contribution is -0.145. The van der Waals surface area contributed by atoms with Crippen LogP contribution in [0.2, 0.25) is 0 Å². The van der Waals surface area contributed by atoms with Gasteiger partial charge < -0.3 is 15.4 Å². The molecule has 0 aromatic rings. The van der Waals surface area contributed by atoms with Crippen LogP contribution in [0.3, 0.4) is 0 Å². The van der Waals surface area contributed by atoms with Gasteiger partial charge in [0.25, 0.3) is 0 Å². The highest BCUT2D eigenvalue weighted by atomic mass is 35.5. The highest BCUT2D eigenvalue weighted by Gasteiger charge is 2.19. The van der Waals surface area contributed by atoms with Gasteiger partial charge >= 0.3 is 5.97 Å². The maximum atomic E-state index is 11.2. The highest BCUT2D eigenvalue weighted by molar-refractivity contribution is 5.85. The Morgan fingerprint density at radius 3 is 2.79 bits per heavy atom. The molecule has 4 nitrogen and oxygen atoms in total. The van der Waals surface area contributed by atoms with Crippen molar-refractivity contribution in [2.45, 2.75) is 19.4 Å². The van der Waals surface area contributed by atoms with Gasteiger partial charge in [0.15, 0.2) is 0 Å². The molecule has 6 heteroatoms. The lowest BCUT2D eigenvalue weighted by atomic mass is 10.3. The maximum Gasteiger partial charge on any atom is 0.324 e. The van der Waals surface area contributed by atoms with Gasteiger partial charge in [0.05, 0.1) is 6.61 Å². The molecule has 0 saturated carbocycles. The van der Waals surface area contributed by atoms with Crippen molar-refractivity contribution in [3.05, 3.63) is 0 Å². The first-order valence-corrected chi connectivity index (χ1v) is 4.45. The second-order valence-corrected chi connectivity index (χ2v) is 2.82. The third kappa shape index (κ3) is 5.65. The SMILES string of the molecule is CCOC(=O)C1CNCCCN1.Cl.Cl. The van der Waals surface area contributed by atoms with Crippen molar-refractivity contribution in [1.29, 1.82) is 0 Å². The third-order valence-corrected chi connectivity index (χ3v) is 1.84. The summed E-state index contributed by atoms with van der Waals surface area (Å²) in [6.07, 6.45) is 1.07. The number of hydrogen-bond donors (Lipinski definition) is 2. The number of ether oxygens (including phenoxy) is 1. The molecule has 0 aliphatic carbocycles. The molecule has 1 unspecified atom stereocenters. The second-order valence-electron chi connectivity index (χ2n) is 2.82. The van der Waals surface area contributed by atoms with Crippen LogP contribution in [0.4, 0.5) is 0 Å². The highest BCUT2D eigenvalue weighted by Crippen LogP contribution is 1.92. The van der Waals surface area contributed by atoms with E-state index in [0.717, 1.165) is 19.5 Å². The number of esters is 1. The Labute approximate surface area is 97.0 Å². The van der Waals surface area contributed by atoms with Crippen LogP contribution in [-0.4, -0.2) is 38.3 Å². The van der Waals surface area contributed by atoms with Crippen molar-refractivity contribution in [3.8, 4) is 0 Å². The van der Waals surface area contributed by atoms with Crippen LogP contribution in [0.5, 0.6) is 0 Å². The molecule has 0 radical (unpaired) electrons. The molecule has 2 N–H and O–H groups in total. The van der Waals surface area contributed by atoms with Crippen LogP contribution in [-0.2, 0) is 9.53 Å². The van der Waals surface area contributed by atoms with E-state index in [4.69, 9.17) is 4.74 Å². The van der Waals surface area contributed by atoms with Gasteiger partial charge in [-0.05, 0) is 26.4 Å². The number of halogens is 2. The molecule has 0 bridgehead atoms. The van der Waals surface area contributed by atoms with E-state index in [1.54, 1.807) is 0 Å². The number of carbonyl (C=O) groups excluding carboxylic acids is 1. The molecular weight excluding hydrogens is 227 g/mol. The van der Waals surface area contributed by atoms with Crippen molar-refractivity contribution in [2.75, 3.05) is 26.2 Å². The maximum absolute atomic E-state index is 11.2. The third-order valence-electron chi connectivity index (χ3n) is 1.84. The van der Waals surface area contributed by atoms with Gasteiger partial charge in [-0.2, -0.15) is 0 Å². The summed E-state index contributed by atoms with van der Waals surface area (Å²) in [5.74, 6) is -0.146. The molecule has 14 heavy (non-hydrogen) atoms. The van der Waals surface area contributed by atoms with Crippen molar-refractivity contribution < 1.29 is 9.53 Å². The van der Waals surface area contributed by atoms with Crippen molar-refractivity contribution in [3.63, 3.8) is 0 Å². The predicted octanol–water partition coefficient (Wildman–Crippen LogP) is 0.345. The van der Waals surface area contributed by atoms with E-state index in [0.29, 0.717) is 13.2 Å². The summed E-state index contributed by atoms with van der Waals surface area (Å²) in [6.45, 7) is 4.82. The normalized spacial score (nSPS) is 21.1. The number of rotatable bonds is 2. The van der Waals surface area contributed by atoms with Crippen LogP contribution < -0.4 is 10.6 Å². The smallest absolute Gasteiger partial charge is 0.324 e. The van der Waals surface area contributed by atoms with Gasteiger partial charge in [-0.3, -0.25) is 4.79 Å². The molecule has 1 heterocycles. The first kappa shape index (κ1) is 16.4. The summed E-state index contributed by atoms with van der Waals surface area (Å²) in [5, 5.41) is 6.30. The summed E-state index contributed by atoms with van der Waals surface area (Å²) in [6, 6.07) is -0.160.